The first kappa shape index (κ1) is 11.5. The average Bonchev–Trinajstić information content (AvgIpc) is 2.41. The van der Waals surface area contributed by atoms with Gasteiger partial charge < -0.3 is 10.5 Å². The van der Waals surface area contributed by atoms with Gasteiger partial charge in [-0.25, -0.2) is 0 Å². The first-order valence-electron chi connectivity index (χ1n) is 5.61. The molecule has 82 valence electrons. The summed E-state index contributed by atoms with van der Waals surface area (Å²) in [6.07, 6.45) is 7.40. The van der Waals surface area contributed by atoms with E-state index in [4.69, 9.17) is 10.5 Å². The summed E-state index contributed by atoms with van der Waals surface area (Å²) in [4.78, 5) is 10.9. The average molecular weight is 199 g/mol. The molecule has 1 atom stereocenters. The van der Waals surface area contributed by atoms with Gasteiger partial charge in [-0.15, -0.1) is 0 Å². The zero-order chi connectivity index (χ0) is 10.4. The molecule has 1 rings (SSSR count). The van der Waals surface area contributed by atoms with E-state index in [-0.39, 0.29) is 12.1 Å². The summed E-state index contributed by atoms with van der Waals surface area (Å²) in [7, 11) is 0. The minimum Gasteiger partial charge on any atom is -0.461 e. The van der Waals surface area contributed by atoms with Gasteiger partial charge in [0.25, 0.3) is 0 Å². The highest BCUT2D eigenvalue weighted by Crippen LogP contribution is 2.26. The quantitative estimate of drug-likeness (QED) is 0.557. The van der Waals surface area contributed by atoms with Crippen LogP contribution in [-0.2, 0) is 9.53 Å². The van der Waals surface area contributed by atoms with Crippen LogP contribution < -0.4 is 5.73 Å². The molecule has 0 aromatic heterocycles. The number of nitrogens with two attached hydrogens (primary N) is 1. The molecule has 3 nitrogen and oxygen atoms in total. The first-order chi connectivity index (χ1) is 6.74. The Morgan fingerprint density at radius 1 is 1.36 bits per heavy atom. The third kappa shape index (κ3) is 3.66. The molecule has 2 N–H and O–H groups in total. The molecule has 0 spiro atoms. The number of carbonyl (C=O) groups is 1. The first-order valence-corrected chi connectivity index (χ1v) is 5.61. The van der Waals surface area contributed by atoms with Gasteiger partial charge in [0, 0.05) is 13.5 Å². The highest BCUT2D eigenvalue weighted by molar-refractivity contribution is 5.66. The van der Waals surface area contributed by atoms with Crippen LogP contribution in [0.1, 0.15) is 45.4 Å². The second kappa shape index (κ2) is 6.02. The molecule has 0 aromatic carbocycles. The highest BCUT2D eigenvalue weighted by Gasteiger charge is 2.23. The topological polar surface area (TPSA) is 52.3 Å². The molecule has 0 heterocycles. The molecular weight excluding hydrogens is 178 g/mol. The van der Waals surface area contributed by atoms with Crippen LogP contribution in [0.2, 0.25) is 0 Å². The molecule has 1 unspecified atom stereocenters. The van der Waals surface area contributed by atoms with Gasteiger partial charge in [0.2, 0.25) is 0 Å². The van der Waals surface area contributed by atoms with Crippen molar-refractivity contribution in [3.05, 3.63) is 0 Å². The van der Waals surface area contributed by atoms with Gasteiger partial charge in [-0.05, 0) is 18.8 Å². The second-order valence-corrected chi connectivity index (χ2v) is 4.14. The lowest BCUT2D eigenvalue weighted by Crippen LogP contribution is -2.33. The summed E-state index contributed by atoms with van der Waals surface area (Å²) in [5.41, 5.74) is 5.63. The van der Waals surface area contributed by atoms with E-state index >= 15 is 0 Å². The number of ether oxygens (including phenoxy) is 1. The van der Waals surface area contributed by atoms with Crippen molar-refractivity contribution in [2.45, 2.75) is 51.6 Å². The van der Waals surface area contributed by atoms with Crippen molar-refractivity contribution in [3.8, 4) is 0 Å². The fourth-order valence-electron chi connectivity index (χ4n) is 2.23. The van der Waals surface area contributed by atoms with E-state index in [2.05, 4.69) is 0 Å². The standard InChI is InChI=1S/C11H21NO2/c1-9(13)14-11(8-12)10-6-4-2-3-5-7-10/h10-11H,2-8,12H2,1H3. The maximum absolute atomic E-state index is 10.9. The van der Waals surface area contributed by atoms with E-state index in [0.29, 0.717) is 12.5 Å². The Hall–Kier alpha value is -0.570. The summed E-state index contributed by atoms with van der Waals surface area (Å²) in [5, 5.41) is 0. The van der Waals surface area contributed by atoms with E-state index in [9.17, 15) is 4.79 Å². The fourth-order valence-corrected chi connectivity index (χ4v) is 2.23. The monoisotopic (exact) mass is 199 g/mol. The number of carbonyl (C=O) groups excluding carboxylic acids is 1. The maximum Gasteiger partial charge on any atom is 0.302 e. The number of hydrogen-bond acceptors (Lipinski definition) is 3. The molecule has 0 saturated heterocycles. The van der Waals surface area contributed by atoms with E-state index < -0.39 is 0 Å². The second-order valence-electron chi connectivity index (χ2n) is 4.14. The molecule has 1 fully saturated rings. The molecule has 14 heavy (non-hydrogen) atoms. The molecule has 1 aliphatic carbocycles. The van der Waals surface area contributed by atoms with E-state index in [1.165, 1.54) is 32.6 Å². The van der Waals surface area contributed by atoms with Gasteiger partial charge in [-0.1, -0.05) is 25.7 Å². The summed E-state index contributed by atoms with van der Waals surface area (Å²) in [6.45, 7) is 1.92. The largest absolute Gasteiger partial charge is 0.461 e. The zero-order valence-electron chi connectivity index (χ0n) is 9.00. The van der Waals surface area contributed by atoms with Gasteiger partial charge in [0.1, 0.15) is 6.10 Å². The molecular formula is C11H21NO2. The van der Waals surface area contributed by atoms with Crippen LogP contribution in [0, 0.1) is 5.92 Å². The minimum atomic E-state index is -0.204. The Bertz CT molecular complexity index is 174. The smallest absolute Gasteiger partial charge is 0.302 e. The van der Waals surface area contributed by atoms with Crippen LogP contribution in [0.3, 0.4) is 0 Å². The SMILES string of the molecule is CC(=O)OC(CN)C1CCCCCC1. The summed E-state index contributed by atoms with van der Waals surface area (Å²) >= 11 is 0. The van der Waals surface area contributed by atoms with Crippen molar-refractivity contribution in [2.75, 3.05) is 6.54 Å². The maximum atomic E-state index is 10.9. The van der Waals surface area contributed by atoms with Crippen LogP contribution in [0.25, 0.3) is 0 Å². The molecule has 0 radical (unpaired) electrons. The Morgan fingerprint density at radius 2 is 1.93 bits per heavy atom. The third-order valence-electron chi connectivity index (χ3n) is 2.98. The van der Waals surface area contributed by atoms with E-state index in [1.54, 1.807) is 0 Å². The van der Waals surface area contributed by atoms with Gasteiger partial charge in [0.15, 0.2) is 0 Å². The number of hydrogen-bond donors (Lipinski definition) is 1. The molecule has 3 heteroatoms. The summed E-state index contributed by atoms with van der Waals surface area (Å²) in [5.74, 6) is 0.288. The van der Waals surface area contributed by atoms with E-state index in [1.807, 2.05) is 0 Å². The summed E-state index contributed by atoms with van der Waals surface area (Å²) in [6, 6.07) is 0. The molecule has 0 bridgehead atoms. The van der Waals surface area contributed by atoms with Crippen molar-refractivity contribution in [2.24, 2.45) is 11.7 Å². The van der Waals surface area contributed by atoms with Crippen molar-refractivity contribution < 1.29 is 9.53 Å². The Balaban J connectivity index is 2.44. The Labute approximate surface area is 86.0 Å². The van der Waals surface area contributed by atoms with Crippen LogP contribution in [-0.4, -0.2) is 18.6 Å². The van der Waals surface area contributed by atoms with Gasteiger partial charge >= 0.3 is 5.97 Å². The molecule has 0 amide bonds. The van der Waals surface area contributed by atoms with Gasteiger partial charge in [-0.2, -0.15) is 0 Å². The number of esters is 1. The van der Waals surface area contributed by atoms with Crippen molar-refractivity contribution in [3.63, 3.8) is 0 Å². The highest BCUT2D eigenvalue weighted by atomic mass is 16.5. The zero-order valence-corrected chi connectivity index (χ0v) is 9.00. The Kier molecular flexibility index (Phi) is 4.94. The molecule has 0 aromatic rings. The van der Waals surface area contributed by atoms with Crippen LogP contribution in [0.4, 0.5) is 0 Å². The lowest BCUT2D eigenvalue weighted by Gasteiger charge is -2.24. The predicted molar refractivity (Wildman–Crippen MR) is 55.8 cm³/mol. The van der Waals surface area contributed by atoms with Crippen molar-refractivity contribution in [1.29, 1.82) is 0 Å². The number of rotatable bonds is 3. The summed E-state index contributed by atoms with van der Waals surface area (Å²) < 4.78 is 5.23. The van der Waals surface area contributed by atoms with Crippen LogP contribution in [0.5, 0.6) is 0 Å². The Morgan fingerprint density at radius 3 is 2.36 bits per heavy atom. The van der Waals surface area contributed by atoms with Gasteiger partial charge in [0.05, 0.1) is 0 Å². The molecule has 1 aliphatic rings. The van der Waals surface area contributed by atoms with E-state index in [0.717, 1.165) is 12.8 Å². The fraction of sp³-hybridized carbons (Fsp3) is 0.909. The van der Waals surface area contributed by atoms with Gasteiger partial charge in [-0.3, -0.25) is 4.79 Å². The third-order valence-corrected chi connectivity index (χ3v) is 2.98. The lowest BCUT2D eigenvalue weighted by atomic mass is 9.94. The predicted octanol–water partition coefficient (Wildman–Crippen LogP) is 1.85. The van der Waals surface area contributed by atoms with Crippen molar-refractivity contribution >= 4 is 5.97 Å². The lowest BCUT2D eigenvalue weighted by molar-refractivity contribution is -0.148. The minimum absolute atomic E-state index is 0.0504. The molecule has 0 aliphatic heterocycles. The van der Waals surface area contributed by atoms with Crippen LogP contribution in [0.15, 0.2) is 0 Å². The van der Waals surface area contributed by atoms with Crippen LogP contribution >= 0.6 is 0 Å². The normalized spacial score (nSPS) is 21.3. The van der Waals surface area contributed by atoms with Crippen molar-refractivity contribution in [1.82, 2.24) is 0 Å². The molecule has 1 saturated carbocycles.